The lowest BCUT2D eigenvalue weighted by molar-refractivity contribution is -0.511. The molecule has 0 aliphatic rings. The van der Waals surface area contributed by atoms with Gasteiger partial charge in [0.05, 0.1) is 12.7 Å². The molecule has 0 amide bonds. The van der Waals surface area contributed by atoms with Gasteiger partial charge in [0.15, 0.2) is 0 Å². The second-order valence-electron chi connectivity index (χ2n) is 4.50. The van der Waals surface area contributed by atoms with Crippen molar-refractivity contribution >= 4 is 11.8 Å². The van der Waals surface area contributed by atoms with Gasteiger partial charge < -0.3 is 4.74 Å². The van der Waals surface area contributed by atoms with Gasteiger partial charge in [0, 0.05) is 16.1 Å². The molecule has 0 fully saturated rings. The maximum atomic E-state index is 12.6. The zero-order valence-electron chi connectivity index (χ0n) is 11.8. The fourth-order valence-corrected chi connectivity index (χ4v) is 2.14. The van der Waals surface area contributed by atoms with Crippen molar-refractivity contribution in [3.8, 4) is 0 Å². The van der Waals surface area contributed by atoms with Crippen molar-refractivity contribution in [1.29, 1.82) is 0 Å². The van der Waals surface area contributed by atoms with E-state index in [0.717, 1.165) is 0 Å². The van der Waals surface area contributed by atoms with Gasteiger partial charge in [-0.2, -0.15) is 0 Å². The van der Waals surface area contributed by atoms with Crippen LogP contribution >= 0.6 is 0 Å². The molecule has 0 aliphatic carbocycles. The van der Waals surface area contributed by atoms with E-state index in [2.05, 4.69) is 4.74 Å². The molecule has 2 aromatic carbocycles. The summed E-state index contributed by atoms with van der Waals surface area (Å²) in [6, 6.07) is 12.3. The van der Waals surface area contributed by atoms with E-state index in [1.165, 1.54) is 31.4 Å². The number of methoxy groups -OCH3 is 1. The maximum Gasteiger partial charge on any atom is 0.338 e. The van der Waals surface area contributed by atoms with Gasteiger partial charge >= 0.3 is 5.97 Å². The number of ether oxygens (including phenoxy) is 1. The van der Waals surface area contributed by atoms with Crippen molar-refractivity contribution in [2.45, 2.75) is 6.04 Å². The molecule has 1 atom stereocenters. The molecule has 0 saturated carbocycles. The van der Waals surface area contributed by atoms with E-state index >= 15 is 0 Å². The Labute approximate surface area is 126 Å². The van der Waals surface area contributed by atoms with Crippen LogP contribution in [0, 0.1) is 10.1 Å². The van der Waals surface area contributed by atoms with Crippen LogP contribution in [0.15, 0.2) is 54.6 Å². The van der Waals surface area contributed by atoms with Crippen molar-refractivity contribution in [3.05, 3.63) is 81.4 Å². The third kappa shape index (κ3) is 3.01. The summed E-state index contributed by atoms with van der Waals surface area (Å²) in [5.41, 5.74) is 0.245. The van der Waals surface area contributed by atoms with E-state index in [9.17, 15) is 19.7 Å². The number of benzene rings is 2. The number of ketones is 1. The molecule has 0 heterocycles. The van der Waals surface area contributed by atoms with Crippen molar-refractivity contribution in [1.82, 2.24) is 0 Å². The summed E-state index contributed by atoms with van der Waals surface area (Å²) in [5, 5.41) is 11.3. The van der Waals surface area contributed by atoms with Crippen LogP contribution < -0.4 is 0 Å². The Hall–Kier alpha value is -3.02. The quantitative estimate of drug-likeness (QED) is 0.366. The fraction of sp³-hybridized carbons (Fsp3) is 0.125. The lowest BCUT2D eigenvalue weighted by Crippen LogP contribution is -2.23. The predicted molar refractivity (Wildman–Crippen MR) is 78.3 cm³/mol. The van der Waals surface area contributed by atoms with Gasteiger partial charge in [-0.25, -0.2) is 4.79 Å². The molecule has 2 aromatic rings. The Morgan fingerprint density at radius 1 is 1.00 bits per heavy atom. The Bertz CT molecular complexity index is 711. The smallest absolute Gasteiger partial charge is 0.338 e. The van der Waals surface area contributed by atoms with Crippen molar-refractivity contribution in [2.75, 3.05) is 7.11 Å². The number of nitro groups is 1. The highest BCUT2D eigenvalue weighted by Crippen LogP contribution is 2.24. The number of hydrogen-bond acceptors (Lipinski definition) is 5. The van der Waals surface area contributed by atoms with Crippen LogP contribution in [0.5, 0.6) is 0 Å². The van der Waals surface area contributed by atoms with Crippen LogP contribution in [0.25, 0.3) is 0 Å². The first kappa shape index (κ1) is 15.4. The van der Waals surface area contributed by atoms with Crippen molar-refractivity contribution < 1.29 is 19.2 Å². The molecule has 0 N–H and O–H groups in total. The van der Waals surface area contributed by atoms with E-state index in [1.807, 2.05) is 0 Å². The summed E-state index contributed by atoms with van der Waals surface area (Å²) in [7, 11) is 1.19. The van der Waals surface area contributed by atoms with E-state index in [-0.39, 0.29) is 16.7 Å². The highest BCUT2D eigenvalue weighted by molar-refractivity contribution is 6.08. The monoisotopic (exact) mass is 299 g/mol. The number of Topliss-reactive ketones (excluding diaryl/α,β-unsaturated/α-hetero) is 1. The molecule has 1 unspecified atom stereocenters. The number of hydrogen-bond donors (Lipinski definition) is 0. The zero-order valence-corrected chi connectivity index (χ0v) is 11.8. The third-order valence-corrected chi connectivity index (χ3v) is 3.17. The molecule has 2 rings (SSSR count). The van der Waals surface area contributed by atoms with Gasteiger partial charge in [-0.15, -0.1) is 0 Å². The van der Waals surface area contributed by atoms with E-state index in [1.54, 1.807) is 30.3 Å². The minimum Gasteiger partial charge on any atom is -0.465 e. The van der Waals surface area contributed by atoms with Crippen molar-refractivity contribution in [2.24, 2.45) is 0 Å². The van der Waals surface area contributed by atoms with Crippen LogP contribution in [0.4, 0.5) is 0 Å². The summed E-state index contributed by atoms with van der Waals surface area (Å²) in [6.45, 7) is 0. The van der Waals surface area contributed by atoms with Crippen molar-refractivity contribution in [3.63, 3.8) is 0 Å². The molecule has 6 heteroatoms. The van der Waals surface area contributed by atoms with Gasteiger partial charge in [-0.05, 0) is 6.07 Å². The summed E-state index contributed by atoms with van der Waals surface area (Å²) in [6.07, 6.45) is 0. The summed E-state index contributed by atoms with van der Waals surface area (Å²) in [4.78, 5) is 35.0. The zero-order chi connectivity index (χ0) is 16.1. The molecule has 0 bridgehead atoms. The van der Waals surface area contributed by atoms with E-state index < -0.39 is 22.7 Å². The van der Waals surface area contributed by atoms with Gasteiger partial charge in [0.2, 0.25) is 5.78 Å². The highest BCUT2D eigenvalue weighted by atomic mass is 16.6. The molecule has 0 spiro atoms. The number of nitrogens with zero attached hydrogens (tertiary/aromatic N) is 1. The summed E-state index contributed by atoms with van der Waals surface area (Å²) in [5.74, 6) is -1.46. The van der Waals surface area contributed by atoms with Crippen LogP contribution in [-0.4, -0.2) is 23.8 Å². The van der Waals surface area contributed by atoms with E-state index in [0.29, 0.717) is 0 Å². The van der Waals surface area contributed by atoms with Gasteiger partial charge in [0.25, 0.3) is 6.04 Å². The normalized spacial score (nSPS) is 11.5. The summed E-state index contributed by atoms with van der Waals surface area (Å²) >= 11 is 0. The highest BCUT2D eigenvalue weighted by Gasteiger charge is 2.34. The molecule has 0 aromatic heterocycles. The Morgan fingerprint density at radius 3 is 2.09 bits per heavy atom. The molecule has 0 radical (unpaired) electrons. The molecule has 6 nitrogen and oxygen atoms in total. The number of carbonyl (C=O) groups is 2. The molecular formula is C16H13NO5. The second kappa shape index (κ2) is 6.62. The predicted octanol–water partition coefficient (Wildman–Crippen LogP) is 2.67. The standard InChI is InChI=1S/C16H13NO5/c1-22-16(19)13-10-6-5-9-12(13)15(18)14(17(20)21)11-7-3-2-4-8-11/h2-10,14H,1H3. The first-order chi connectivity index (χ1) is 10.6. The Kier molecular flexibility index (Phi) is 4.63. The SMILES string of the molecule is COC(=O)c1ccccc1C(=O)C(c1ccccc1)[N+](=O)[O-]. The first-order valence-electron chi connectivity index (χ1n) is 6.46. The van der Waals surface area contributed by atoms with Crippen LogP contribution in [0.1, 0.15) is 32.3 Å². The van der Waals surface area contributed by atoms with Crippen LogP contribution in [-0.2, 0) is 4.74 Å². The van der Waals surface area contributed by atoms with Crippen LogP contribution in [0.3, 0.4) is 0 Å². The maximum absolute atomic E-state index is 12.6. The first-order valence-corrected chi connectivity index (χ1v) is 6.46. The van der Waals surface area contributed by atoms with Gasteiger partial charge in [-0.1, -0.05) is 48.5 Å². The average molecular weight is 299 g/mol. The molecule has 22 heavy (non-hydrogen) atoms. The molecule has 0 saturated heterocycles. The topological polar surface area (TPSA) is 86.5 Å². The Balaban J connectivity index is 2.50. The van der Waals surface area contributed by atoms with Gasteiger partial charge in [0.1, 0.15) is 0 Å². The minimum absolute atomic E-state index is 0.0118. The average Bonchev–Trinajstić information content (AvgIpc) is 2.55. The molecular weight excluding hydrogens is 286 g/mol. The molecule has 112 valence electrons. The fourth-order valence-electron chi connectivity index (χ4n) is 2.14. The minimum atomic E-state index is -1.56. The number of carbonyl (C=O) groups excluding carboxylic acids is 2. The number of esters is 1. The van der Waals surface area contributed by atoms with E-state index in [4.69, 9.17) is 0 Å². The van der Waals surface area contributed by atoms with Gasteiger partial charge in [-0.3, -0.25) is 14.9 Å². The largest absolute Gasteiger partial charge is 0.465 e. The summed E-state index contributed by atoms with van der Waals surface area (Å²) < 4.78 is 4.61. The number of rotatable bonds is 5. The lowest BCUT2D eigenvalue weighted by Gasteiger charge is -2.11. The second-order valence-corrected chi connectivity index (χ2v) is 4.50. The molecule has 0 aliphatic heterocycles. The van der Waals surface area contributed by atoms with Crippen LogP contribution in [0.2, 0.25) is 0 Å². The lowest BCUT2D eigenvalue weighted by atomic mass is 9.94. The third-order valence-electron chi connectivity index (χ3n) is 3.17. The Morgan fingerprint density at radius 2 is 1.55 bits per heavy atom.